The Balaban J connectivity index is 1.44. The van der Waals surface area contributed by atoms with Gasteiger partial charge in [0, 0.05) is 18.5 Å². The van der Waals surface area contributed by atoms with Crippen molar-refractivity contribution in [2.75, 3.05) is 13.2 Å². The Labute approximate surface area is 206 Å². The lowest BCUT2D eigenvalue weighted by atomic mass is 9.89. The molecule has 3 atom stereocenters. The van der Waals surface area contributed by atoms with Crippen LogP contribution >= 0.6 is 0 Å². The van der Waals surface area contributed by atoms with E-state index in [1.807, 2.05) is 38.1 Å². The quantitative estimate of drug-likeness (QED) is 0.604. The molecule has 2 aliphatic rings. The van der Waals surface area contributed by atoms with E-state index in [1.165, 1.54) is 0 Å². The number of rotatable bonds is 7. The number of amides is 2. The Kier molecular flexibility index (Phi) is 7.43. The molecule has 1 aliphatic heterocycles. The second kappa shape index (κ2) is 10.5. The van der Waals surface area contributed by atoms with Gasteiger partial charge in [0.15, 0.2) is 0 Å². The van der Waals surface area contributed by atoms with Crippen LogP contribution in [0.1, 0.15) is 57.1 Å². The minimum Gasteiger partial charge on any atom is -0.481 e. The van der Waals surface area contributed by atoms with Gasteiger partial charge in [0.2, 0.25) is 5.91 Å². The maximum absolute atomic E-state index is 13.4. The predicted octanol–water partition coefficient (Wildman–Crippen LogP) is 4.65. The first kappa shape index (κ1) is 24.8. The van der Waals surface area contributed by atoms with Gasteiger partial charge < -0.3 is 20.1 Å². The highest BCUT2D eigenvalue weighted by Gasteiger charge is 2.38. The van der Waals surface area contributed by atoms with E-state index in [9.17, 15) is 19.5 Å². The molecule has 0 saturated carbocycles. The van der Waals surface area contributed by atoms with E-state index in [2.05, 4.69) is 29.6 Å². The van der Waals surface area contributed by atoms with Gasteiger partial charge in [0.05, 0.1) is 5.92 Å². The lowest BCUT2D eigenvalue weighted by Gasteiger charge is -2.39. The van der Waals surface area contributed by atoms with Gasteiger partial charge in [-0.05, 0) is 54.4 Å². The van der Waals surface area contributed by atoms with Crippen LogP contribution in [0.25, 0.3) is 11.1 Å². The molecule has 7 heteroatoms. The van der Waals surface area contributed by atoms with E-state index in [0.29, 0.717) is 25.8 Å². The smallest absolute Gasteiger partial charge is 0.407 e. The first-order chi connectivity index (χ1) is 16.8. The molecule has 0 radical (unpaired) electrons. The number of hydrogen-bond acceptors (Lipinski definition) is 4. The number of likely N-dealkylation sites (tertiary alicyclic amines) is 1. The molecule has 35 heavy (non-hydrogen) atoms. The molecule has 7 nitrogen and oxygen atoms in total. The van der Waals surface area contributed by atoms with Crippen LogP contribution in [-0.4, -0.2) is 53.2 Å². The molecule has 1 fully saturated rings. The van der Waals surface area contributed by atoms with Gasteiger partial charge in [-0.2, -0.15) is 0 Å². The molecule has 1 saturated heterocycles. The van der Waals surface area contributed by atoms with Gasteiger partial charge in [-0.3, -0.25) is 9.59 Å². The summed E-state index contributed by atoms with van der Waals surface area (Å²) < 4.78 is 5.66. The molecule has 1 aliphatic carbocycles. The Morgan fingerprint density at radius 1 is 1.06 bits per heavy atom. The molecule has 2 aromatic carbocycles. The molecule has 2 N–H and O–H groups in total. The highest BCUT2D eigenvalue weighted by atomic mass is 16.5. The van der Waals surface area contributed by atoms with Crippen molar-refractivity contribution >= 4 is 18.0 Å². The van der Waals surface area contributed by atoms with Crippen LogP contribution in [0.5, 0.6) is 0 Å². The number of hydrogen-bond donors (Lipinski definition) is 2. The molecule has 1 heterocycles. The fourth-order valence-electron chi connectivity index (χ4n) is 5.46. The SMILES string of the molecule is CC(C)CC(NC(=O)OCC1c2ccccc2-c2ccccc21)C(=O)N1CCC[C@@H](C(=O)O)[C@H]1C. The van der Waals surface area contributed by atoms with Gasteiger partial charge >= 0.3 is 12.1 Å². The van der Waals surface area contributed by atoms with Crippen molar-refractivity contribution in [1.29, 1.82) is 0 Å². The minimum atomic E-state index is -0.889. The number of fused-ring (bicyclic) bond motifs is 3. The van der Waals surface area contributed by atoms with Crippen LogP contribution in [0.4, 0.5) is 4.79 Å². The molecule has 0 aromatic heterocycles. The number of alkyl carbamates (subject to hydrolysis) is 1. The van der Waals surface area contributed by atoms with E-state index in [-0.39, 0.29) is 24.3 Å². The Morgan fingerprint density at radius 3 is 2.23 bits per heavy atom. The number of carbonyl (C=O) groups excluding carboxylic acids is 2. The highest BCUT2D eigenvalue weighted by molar-refractivity contribution is 5.87. The van der Waals surface area contributed by atoms with Crippen LogP contribution in [0, 0.1) is 11.8 Å². The van der Waals surface area contributed by atoms with Crippen LogP contribution in [0.2, 0.25) is 0 Å². The zero-order valence-electron chi connectivity index (χ0n) is 20.6. The number of nitrogens with zero attached hydrogens (tertiary/aromatic N) is 1. The van der Waals surface area contributed by atoms with Gasteiger partial charge in [0.25, 0.3) is 0 Å². The third-order valence-corrected chi connectivity index (χ3v) is 7.23. The molecular formula is C28H34N2O5. The maximum atomic E-state index is 13.4. The first-order valence-electron chi connectivity index (χ1n) is 12.4. The summed E-state index contributed by atoms with van der Waals surface area (Å²) in [6.45, 7) is 6.41. The highest BCUT2D eigenvalue weighted by Crippen LogP contribution is 2.44. The fourth-order valence-corrected chi connectivity index (χ4v) is 5.46. The Bertz CT molecular complexity index is 1050. The number of ether oxygens (including phenoxy) is 1. The molecule has 2 amide bonds. The van der Waals surface area contributed by atoms with E-state index in [0.717, 1.165) is 22.3 Å². The summed E-state index contributed by atoms with van der Waals surface area (Å²) >= 11 is 0. The number of carboxylic acid groups (broad SMARTS) is 1. The van der Waals surface area contributed by atoms with Crippen LogP contribution in [0.15, 0.2) is 48.5 Å². The standard InChI is InChI=1S/C28H34N2O5/c1-17(2)15-25(26(31)30-14-8-13-19(18(30)3)27(32)33)29-28(34)35-16-24-22-11-6-4-9-20(22)21-10-5-7-12-23(21)24/h4-7,9-12,17-19,24-25H,8,13-16H2,1-3H3,(H,29,34)(H,32,33)/t18-,19-,25?/m1/s1. The number of carboxylic acids is 1. The third kappa shape index (κ3) is 5.19. The molecular weight excluding hydrogens is 444 g/mol. The van der Waals surface area contributed by atoms with Crippen molar-refractivity contribution < 1.29 is 24.2 Å². The summed E-state index contributed by atoms with van der Waals surface area (Å²) in [6, 6.07) is 15.1. The normalized spacial score (nSPS) is 20.2. The molecule has 4 rings (SSSR count). The van der Waals surface area contributed by atoms with Crippen molar-refractivity contribution in [3.8, 4) is 11.1 Å². The summed E-state index contributed by atoms with van der Waals surface area (Å²) in [5, 5.41) is 12.3. The molecule has 186 valence electrons. The number of aliphatic carboxylic acids is 1. The van der Waals surface area contributed by atoms with Crippen molar-refractivity contribution in [3.63, 3.8) is 0 Å². The van der Waals surface area contributed by atoms with Gasteiger partial charge in [-0.1, -0.05) is 62.4 Å². The van der Waals surface area contributed by atoms with Crippen molar-refractivity contribution in [3.05, 3.63) is 59.7 Å². The first-order valence-corrected chi connectivity index (χ1v) is 12.4. The van der Waals surface area contributed by atoms with Crippen molar-refractivity contribution in [2.45, 2.75) is 58.0 Å². The average molecular weight is 479 g/mol. The molecule has 1 unspecified atom stereocenters. The van der Waals surface area contributed by atoms with Crippen LogP contribution < -0.4 is 5.32 Å². The summed E-state index contributed by atoms with van der Waals surface area (Å²) in [7, 11) is 0. The van der Waals surface area contributed by atoms with Crippen LogP contribution in [-0.2, 0) is 14.3 Å². The van der Waals surface area contributed by atoms with E-state index < -0.39 is 30.1 Å². The van der Waals surface area contributed by atoms with Crippen molar-refractivity contribution in [2.24, 2.45) is 11.8 Å². The predicted molar refractivity (Wildman–Crippen MR) is 133 cm³/mol. The lowest BCUT2D eigenvalue weighted by Crippen LogP contribution is -2.56. The lowest BCUT2D eigenvalue weighted by molar-refractivity contribution is -0.150. The van der Waals surface area contributed by atoms with Gasteiger partial charge in [-0.25, -0.2) is 4.79 Å². The zero-order chi connectivity index (χ0) is 25.1. The largest absolute Gasteiger partial charge is 0.481 e. The van der Waals surface area contributed by atoms with E-state index in [4.69, 9.17) is 4.74 Å². The molecule has 0 bridgehead atoms. The number of benzene rings is 2. The Hall–Kier alpha value is -3.35. The number of nitrogens with one attached hydrogen (secondary N) is 1. The summed E-state index contributed by atoms with van der Waals surface area (Å²) in [5.41, 5.74) is 4.55. The number of piperidine rings is 1. The molecule has 2 aromatic rings. The minimum absolute atomic E-state index is 0.0640. The second-order valence-corrected chi connectivity index (χ2v) is 10.0. The summed E-state index contributed by atoms with van der Waals surface area (Å²) in [6.07, 6.45) is 0.996. The third-order valence-electron chi connectivity index (χ3n) is 7.23. The maximum Gasteiger partial charge on any atom is 0.407 e. The second-order valence-electron chi connectivity index (χ2n) is 10.0. The fraction of sp³-hybridized carbons (Fsp3) is 0.464. The Morgan fingerprint density at radius 2 is 1.66 bits per heavy atom. The topological polar surface area (TPSA) is 95.9 Å². The van der Waals surface area contributed by atoms with Gasteiger partial charge in [0.1, 0.15) is 12.6 Å². The molecule has 0 spiro atoms. The van der Waals surface area contributed by atoms with E-state index >= 15 is 0 Å². The monoisotopic (exact) mass is 478 g/mol. The zero-order valence-corrected chi connectivity index (χ0v) is 20.6. The van der Waals surface area contributed by atoms with E-state index in [1.54, 1.807) is 11.8 Å². The summed E-state index contributed by atoms with van der Waals surface area (Å²) in [4.78, 5) is 39.5. The number of carbonyl (C=O) groups is 3. The summed E-state index contributed by atoms with van der Waals surface area (Å²) in [5.74, 6) is -1.63. The van der Waals surface area contributed by atoms with Crippen LogP contribution in [0.3, 0.4) is 0 Å². The van der Waals surface area contributed by atoms with Gasteiger partial charge in [-0.15, -0.1) is 0 Å². The van der Waals surface area contributed by atoms with Crippen molar-refractivity contribution in [1.82, 2.24) is 10.2 Å². The average Bonchev–Trinajstić information content (AvgIpc) is 3.15.